The highest BCUT2D eigenvalue weighted by Crippen LogP contribution is 2.65. The van der Waals surface area contributed by atoms with E-state index in [1.807, 2.05) is 13.8 Å². The fourth-order valence-corrected chi connectivity index (χ4v) is 7.28. The number of alkyl halides is 3. The second-order valence-electron chi connectivity index (χ2n) is 11.5. The van der Waals surface area contributed by atoms with E-state index in [9.17, 15) is 32.3 Å². The SMILES string of the molecule is COC(=O)[C@@H]1C[C@H](OC(=O)Nc2ccc(C(F)(F)F)cc2)C(=O)[C@H]2[C@@]1(C)CC[C@H]1C(=O)O[C@H](c3ccoc3)C[C@]21C. The number of hydrogen-bond donors (Lipinski definition) is 1. The summed E-state index contributed by atoms with van der Waals surface area (Å²) in [6.07, 6.45) is -3.76. The van der Waals surface area contributed by atoms with Crippen LogP contribution in [0.3, 0.4) is 0 Å². The van der Waals surface area contributed by atoms with Crippen molar-refractivity contribution in [2.24, 2.45) is 28.6 Å². The summed E-state index contributed by atoms with van der Waals surface area (Å²) in [6, 6.07) is 5.43. The molecule has 1 aromatic heterocycles. The van der Waals surface area contributed by atoms with E-state index in [0.29, 0.717) is 18.4 Å². The molecule has 5 rings (SSSR count). The number of methoxy groups -OCH3 is 1. The van der Waals surface area contributed by atoms with Crippen LogP contribution in [-0.2, 0) is 34.8 Å². The van der Waals surface area contributed by atoms with Gasteiger partial charge in [-0.05, 0) is 60.4 Å². The van der Waals surface area contributed by atoms with Crippen LogP contribution in [0.1, 0.15) is 56.8 Å². The zero-order chi connectivity index (χ0) is 29.7. The van der Waals surface area contributed by atoms with Crippen molar-refractivity contribution in [2.75, 3.05) is 12.4 Å². The Morgan fingerprint density at radius 2 is 1.78 bits per heavy atom. The van der Waals surface area contributed by atoms with Gasteiger partial charge in [0.2, 0.25) is 0 Å². The lowest BCUT2D eigenvalue weighted by Crippen LogP contribution is -2.64. The molecule has 2 saturated carbocycles. The van der Waals surface area contributed by atoms with Crippen LogP contribution in [0.15, 0.2) is 47.3 Å². The molecule has 0 bridgehead atoms. The predicted molar refractivity (Wildman–Crippen MR) is 135 cm³/mol. The maximum Gasteiger partial charge on any atom is 0.416 e. The molecular weight excluding hydrogens is 547 g/mol. The zero-order valence-electron chi connectivity index (χ0n) is 22.7. The maximum absolute atomic E-state index is 14.2. The van der Waals surface area contributed by atoms with Crippen LogP contribution in [0.4, 0.5) is 23.7 Å². The second-order valence-corrected chi connectivity index (χ2v) is 11.5. The average molecular weight is 578 g/mol. The van der Waals surface area contributed by atoms with Gasteiger partial charge in [-0.25, -0.2) is 4.79 Å². The van der Waals surface area contributed by atoms with E-state index in [2.05, 4.69) is 5.32 Å². The first-order valence-corrected chi connectivity index (χ1v) is 13.3. The van der Waals surface area contributed by atoms with Crippen molar-refractivity contribution in [3.8, 4) is 0 Å². The molecule has 220 valence electrons. The van der Waals surface area contributed by atoms with Gasteiger partial charge in [0.1, 0.15) is 6.10 Å². The molecule has 12 heteroatoms. The fraction of sp³-hybridized carbons (Fsp3) is 0.517. The van der Waals surface area contributed by atoms with Crippen LogP contribution >= 0.6 is 0 Å². The number of ketones is 1. The van der Waals surface area contributed by atoms with Gasteiger partial charge >= 0.3 is 24.2 Å². The number of halogens is 3. The number of cyclic esters (lactones) is 1. The zero-order valence-corrected chi connectivity index (χ0v) is 22.7. The van der Waals surface area contributed by atoms with Crippen molar-refractivity contribution >= 4 is 29.5 Å². The number of rotatable bonds is 4. The fourth-order valence-electron chi connectivity index (χ4n) is 7.28. The normalized spacial score (nSPS) is 33.2. The third-order valence-electron chi connectivity index (χ3n) is 9.21. The van der Waals surface area contributed by atoms with E-state index in [-0.39, 0.29) is 18.5 Å². The number of anilines is 1. The summed E-state index contributed by atoms with van der Waals surface area (Å²) in [5.74, 6) is -3.74. The van der Waals surface area contributed by atoms with Crippen molar-refractivity contribution in [2.45, 2.75) is 57.9 Å². The first-order valence-electron chi connectivity index (χ1n) is 13.3. The van der Waals surface area contributed by atoms with Gasteiger partial charge in [-0.2, -0.15) is 13.2 Å². The van der Waals surface area contributed by atoms with Gasteiger partial charge in [0.25, 0.3) is 0 Å². The molecule has 41 heavy (non-hydrogen) atoms. The topological polar surface area (TPSA) is 121 Å². The number of benzene rings is 1. The van der Waals surface area contributed by atoms with Crippen LogP contribution in [0.2, 0.25) is 0 Å². The van der Waals surface area contributed by atoms with Gasteiger partial charge < -0.3 is 18.6 Å². The van der Waals surface area contributed by atoms with Crippen molar-refractivity contribution in [3.05, 3.63) is 54.0 Å². The van der Waals surface area contributed by atoms with Crippen LogP contribution in [0, 0.1) is 28.6 Å². The molecule has 3 fully saturated rings. The first kappa shape index (κ1) is 28.7. The Bertz CT molecular complexity index is 1340. The van der Waals surface area contributed by atoms with Gasteiger partial charge in [0.05, 0.1) is 37.0 Å². The molecule has 1 amide bonds. The number of ether oxygens (including phenoxy) is 3. The van der Waals surface area contributed by atoms with Crippen molar-refractivity contribution < 1.29 is 51.0 Å². The van der Waals surface area contributed by atoms with Crippen LogP contribution < -0.4 is 5.32 Å². The molecule has 2 aromatic rings. The van der Waals surface area contributed by atoms with Crippen molar-refractivity contribution in [3.63, 3.8) is 0 Å². The number of carbonyl (C=O) groups excluding carboxylic acids is 4. The molecule has 2 aliphatic carbocycles. The summed E-state index contributed by atoms with van der Waals surface area (Å²) in [6.45, 7) is 3.67. The number of carbonyl (C=O) groups is 4. The standard InChI is InChI=1S/C29H30F3NO8/c1-27-10-8-18-25(36)40-21(15-9-11-39-14-15)13-28(18,2)23(27)22(34)20(12-19(27)24(35)38-3)41-26(37)33-17-6-4-16(5-7-17)29(30,31)32/h4-7,9,11,14,18-21,23H,8,10,12-13H2,1-3H3,(H,33,37)/t18-,19-,20-,21-,23-,27-,28-/m0/s1. The lowest BCUT2D eigenvalue weighted by Gasteiger charge is -2.60. The number of amides is 1. The Kier molecular flexibility index (Phi) is 7.15. The molecule has 1 N–H and O–H groups in total. The predicted octanol–water partition coefficient (Wildman–Crippen LogP) is 5.70. The summed E-state index contributed by atoms with van der Waals surface area (Å²) in [5.41, 5.74) is -2.05. The van der Waals surface area contributed by atoms with E-state index in [1.54, 1.807) is 6.07 Å². The monoisotopic (exact) mass is 577 g/mol. The van der Waals surface area contributed by atoms with Crippen molar-refractivity contribution in [1.82, 2.24) is 0 Å². The summed E-state index contributed by atoms with van der Waals surface area (Å²) in [4.78, 5) is 53.3. The summed E-state index contributed by atoms with van der Waals surface area (Å²) >= 11 is 0. The lowest BCUT2D eigenvalue weighted by molar-refractivity contribution is -0.207. The highest BCUT2D eigenvalue weighted by atomic mass is 19.4. The van der Waals surface area contributed by atoms with Gasteiger partial charge in [-0.3, -0.25) is 19.7 Å². The van der Waals surface area contributed by atoms with E-state index in [0.717, 1.165) is 24.3 Å². The minimum atomic E-state index is -4.54. The number of Topliss-reactive ketones (excluding diaryl/α,β-unsaturated/α-hetero) is 1. The number of fused-ring (bicyclic) bond motifs is 3. The highest BCUT2D eigenvalue weighted by molar-refractivity contribution is 5.94. The quantitative estimate of drug-likeness (QED) is 0.363. The Balaban J connectivity index is 1.44. The minimum absolute atomic E-state index is 0.0308. The molecule has 1 aliphatic heterocycles. The third kappa shape index (κ3) is 4.97. The largest absolute Gasteiger partial charge is 0.472 e. The first-order chi connectivity index (χ1) is 19.3. The smallest absolute Gasteiger partial charge is 0.416 e. The molecule has 7 atom stereocenters. The Morgan fingerprint density at radius 3 is 2.39 bits per heavy atom. The average Bonchev–Trinajstić information content (AvgIpc) is 3.44. The molecule has 0 spiro atoms. The molecule has 9 nitrogen and oxygen atoms in total. The molecular formula is C29H30F3NO8. The lowest BCUT2D eigenvalue weighted by atomic mass is 9.43. The van der Waals surface area contributed by atoms with E-state index < -0.39 is 76.3 Å². The van der Waals surface area contributed by atoms with Crippen LogP contribution in [-0.4, -0.2) is 37.0 Å². The van der Waals surface area contributed by atoms with Crippen molar-refractivity contribution in [1.29, 1.82) is 0 Å². The number of furan rings is 1. The molecule has 0 unspecified atom stereocenters. The Morgan fingerprint density at radius 1 is 1.07 bits per heavy atom. The van der Waals surface area contributed by atoms with E-state index >= 15 is 0 Å². The van der Waals surface area contributed by atoms with Crippen LogP contribution in [0.5, 0.6) is 0 Å². The van der Waals surface area contributed by atoms with Gasteiger partial charge in [-0.1, -0.05) is 13.8 Å². The number of hydrogen-bond acceptors (Lipinski definition) is 8. The van der Waals surface area contributed by atoms with Gasteiger partial charge in [-0.15, -0.1) is 0 Å². The molecule has 1 aromatic carbocycles. The Hall–Kier alpha value is -3.83. The van der Waals surface area contributed by atoms with E-state index in [4.69, 9.17) is 18.6 Å². The highest BCUT2D eigenvalue weighted by Gasteiger charge is 2.67. The third-order valence-corrected chi connectivity index (χ3v) is 9.21. The number of esters is 2. The summed E-state index contributed by atoms with van der Waals surface area (Å²) in [5, 5.41) is 2.35. The van der Waals surface area contributed by atoms with Crippen LogP contribution in [0.25, 0.3) is 0 Å². The number of nitrogens with one attached hydrogen (secondary N) is 1. The molecule has 0 radical (unpaired) electrons. The van der Waals surface area contributed by atoms with E-state index in [1.165, 1.54) is 19.6 Å². The minimum Gasteiger partial charge on any atom is -0.472 e. The van der Waals surface area contributed by atoms with Gasteiger partial charge in [0.15, 0.2) is 11.9 Å². The molecule has 3 aliphatic rings. The Labute approximate surface area is 233 Å². The summed E-state index contributed by atoms with van der Waals surface area (Å²) in [7, 11) is 1.24. The van der Waals surface area contributed by atoms with Gasteiger partial charge in [0, 0.05) is 23.6 Å². The molecule has 2 heterocycles. The molecule has 1 saturated heterocycles. The maximum atomic E-state index is 14.2. The summed E-state index contributed by atoms with van der Waals surface area (Å²) < 4.78 is 60.2. The second kappa shape index (κ2) is 10.2.